The second-order valence-corrected chi connectivity index (χ2v) is 9.04. The Balaban J connectivity index is 1.54. The molecule has 3 aromatic heterocycles. The topological polar surface area (TPSA) is 101 Å². The highest BCUT2D eigenvalue weighted by atomic mass is 32.2. The number of hydrogen-bond donors (Lipinski definition) is 0. The van der Waals surface area contributed by atoms with Gasteiger partial charge in [-0.3, -0.25) is 9.48 Å². The van der Waals surface area contributed by atoms with Crippen LogP contribution in [0, 0.1) is 20.8 Å². The Morgan fingerprint density at radius 2 is 1.74 bits per heavy atom. The molecule has 34 heavy (non-hydrogen) atoms. The third-order valence-electron chi connectivity index (χ3n) is 5.98. The van der Waals surface area contributed by atoms with Crippen molar-refractivity contribution in [1.29, 1.82) is 0 Å². The van der Waals surface area contributed by atoms with Crippen LogP contribution < -0.4 is 11.2 Å². The van der Waals surface area contributed by atoms with E-state index in [9.17, 15) is 9.59 Å². The largest absolute Gasteiger partial charge is 0.423 e. The molecule has 10 heteroatoms. The van der Waals surface area contributed by atoms with E-state index in [1.165, 1.54) is 22.5 Å². The van der Waals surface area contributed by atoms with Gasteiger partial charge < -0.3 is 4.42 Å². The minimum atomic E-state index is -0.407. The number of para-hydroxylation sites is 1. The summed E-state index contributed by atoms with van der Waals surface area (Å²) in [6.45, 7) is 5.86. The Labute approximate surface area is 198 Å². The van der Waals surface area contributed by atoms with Gasteiger partial charge in [-0.25, -0.2) is 9.48 Å². The van der Waals surface area contributed by atoms with Crippen molar-refractivity contribution in [1.82, 2.24) is 29.6 Å². The zero-order valence-electron chi connectivity index (χ0n) is 19.1. The van der Waals surface area contributed by atoms with Gasteiger partial charge in [-0.05, 0) is 72.2 Å². The monoisotopic (exact) mass is 474 g/mol. The molecule has 5 aromatic rings. The van der Waals surface area contributed by atoms with Gasteiger partial charge in [0.05, 0.1) is 11.4 Å². The molecule has 0 saturated heterocycles. The summed E-state index contributed by atoms with van der Waals surface area (Å²) in [6.07, 6.45) is 0. The fraction of sp³-hybridized carbons (Fsp3) is 0.208. The molecule has 0 bridgehead atoms. The van der Waals surface area contributed by atoms with Crippen LogP contribution in [0.4, 0.5) is 0 Å². The van der Waals surface area contributed by atoms with Crippen molar-refractivity contribution in [2.24, 2.45) is 7.05 Å². The fourth-order valence-electron chi connectivity index (χ4n) is 3.95. The second-order valence-electron chi connectivity index (χ2n) is 8.10. The van der Waals surface area contributed by atoms with Crippen LogP contribution in [-0.2, 0) is 12.8 Å². The smallest absolute Gasteiger partial charge is 0.336 e. The van der Waals surface area contributed by atoms with Gasteiger partial charge in [-0.2, -0.15) is 4.68 Å². The molecule has 3 heterocycles. The Hall–Kier alpha value is -3.92. The summed E-state index contributed by atoms with van der Waals surface area (Å²) in [6, 6.07) is 14.8. The minimum absolute atomic E-state index is 0.225. The summed E-state index contributed by atoms with van der Waals surface area (Å²) >= 11 is 1.35. The summed E-state index contributed by atoms with van der Waals surface area (Å²) in [4.78, 5) is 25.5. The predicted molar refractivity (Wildman–Crippen MR) is 130 cm³/mol. The predicted octanol–water partition coefficient (Wildman–Crippen LogP) is 3.48. The van der Waals surface area contributed by atoms with E-state index in [-0.39, 0.29) is 5.56 Å². The molecule has 2 aromatic carbocycles. The van der Waals surface area contributed by atoms with Gasteiger partial charge in [0.1, 0.15) is 5.58 Å². The third kappa shape index (κ3) is 3.65. The van der Waals surface area contributed by atoms with Gasteiger partial charge in [0.2, 0.25) is 5.16 Å². The molecule has 0 aliphatic carbocycles. The molecule has 5 rings (SSSR count). The van der Waals surface area contributed by atoms with E-state index in [0.717, 1.165) is 33.5 Å². The molecule has 0 unspecified atom stereocenters. The molecule has 0 aliphatic heterocycles. The molecular formula is C24H22N6O3S. The van der Waals surface area contributed by atoms with Crippen molar-refractivity contribution in [3.05, 3.63) is 91.7 Å². The van der Waals surface area contributed by atoms with Crippen LogP contribution in [0.2, 0.25) is 0 Å². The average Bonchev–Trinajstić information content (AvgIpc) is 3.35. The number of thioether (sulfide) groups is 1. The lowest BCUT2D eigenvalue weighted by molar-refractivity contribution is 0.559. The Kier molecular flexibility index (Phi) is 5.45. The quantitative estimate of drug-likeness (QED) is 0.284. The molecule has 9 nitrogen and oxygen atoms in total. The number of aryl methyl sites for hydroxylation is 2. The van der Waals surface area contributed by atoms with E-state index in [1.807, 2.05) is 70.3 Å². The number of hydrogen-bond acceptors (Lipinski definition) is 7. The molecule has 0 amide bonds. The van der Waals surface area contributed by atoms with Crippen LogP contribution in [0.5, 0.6) is 0 Å². The first-order chi connectivity index (χ1) is 16.3. The summed E-state index contributed by atoms with van der Waals surface area (Å²) in [5.74, 6) is 0.434. The summed E-state index contributed by atoms with van der Waals surface area (Å²) in [7, 11) is 1.82. The van der Waals surface area contributed by atoms with Crippen LogP contribution in [-0.4, -0.2) is 29.6 Å². The first-order valence-electron chi connectivity index (χ1n) is 10.6. The zero-order valence-corrected chi connectivity index (χ0v) is 20.0. The van der Waals surface area contributed by atoms with Crippen molar-refractivity contribution >= 4 is 22.7 Å². The van der Waals surface area contributed by atoms with Gasteiger partial charge in [0.15, 0.2) is 5.69 Å². The highest BCUT2D eigenvalue weighted by Crippen LogP contribution is 2.28. The second kappa shape index (κ2) is 8.45. The lowest BCUT2D eigenvalue weighted by atomic mass is 10.0. The molecule has 0 aliphatic rings. The van der Waals surface area contributed by atoms with E-state index in [2.05, 4.69) is 15.5 Å². The zero-order chi connectivity index (χ0) is 24.0. The first kappa shape index (κ1) is 21.9. The summed E-state index contributed by atoms with van der Waals surface area (Å²) in [5.41, 5.74) is 4.75. The van der Waals surface area contributed by atoms with Gasteiger partial charge in [-0.1, -0.05) is 30.0 Å². The van der Waals surface area contributed by atoms with Crippen molar-refractivity contribution in [3.8, 4) is 11.4 Å². The first-order valence-corrected chi connectivity index (χ1v) is 11.6. The molecular weight excluding hydrogens is 452 g/mol. The maximum Gasteiger partial charge on any atom is 0.336 e. The molecule has 0 spiro atoms. The molecule has 172 valence electrons. The van der Waals surface area contributed by atoms with Gasteiger partial charge in [-0.15, -0.1) is 5.10 Å². The molecule has 0 saturated carbocycles. The molecule has 0 atom stereocenters. The maximum absolute atomic E-state index is 13.4. The third-order valence-corrected chi connectivity index (χ3v) is 6.95. The summed E-state index contributed by atoms with van der Waals surface area (Å²) in [5, 5.41) is 13.4. The molecule has 0 radical (unpaired) electrons. The molecule has 0 fully saturated rings. The number of aromatic nitrogens is 6. The number of rotatable bonds is 5. The van der Waals surface area contributed by atoms with Crippen molar-refractivity contribution in [3.63, 3.8) is 0 Å². The van der Waals surface area contributed by atoms with Crippen LogP contribution in [0.1, 0.15) is 22.4 Å². The minimum Gasteiger partial charge on any atom is -0.423 e. The van der Waals surface area contributed by atoms with Crippen LogP contribution in [0.3, 0.4) is 0 Å². The van der Waals surface area contributed by atoms with Gasteiger partial charge in [0, 0.05) is 24.3 Å². The van der Waals surface area contributed by atoms with Gasteiger partial charge in [0.25, 0.3) is 5.56 Å². The van der Waals surface area contributed by atoms with Crippen molar-refractivity contribution < 1.29 is 4.42 Å². The fourth-order valence-corrected chi connectivity index (χ4v) is 4.82. The van der Waals surface area contributed by atoms with Gasteiger partial charge >= 0.3 is 5.63 Å². The van der Waals surface area contributed by atoms with Crippen molar-refractivity contribution in [2.75, 3.05) is 0 Å². The average molecular weight is 475 g/mol. The highest BCUT2D eigenvalue weighted by molar-refractivity contribution is 7.98. The normalized spacial score (nSPS) is 11.4. The maximum atomic E-state index is 13.4. The Morgan fingerprint density at radius 3 is 2.50 bits per heavy atom. The lowest BCUT2D eigenvalue weighted by Gasteiger charge is -2.08. The Morgan fingerprint density at radius 1 is 1.00 bits per heavy atom. The van der Waals surface area contributed by atoms with E-state index in [0.29, 0.717) is 22.2 Å². The molecule has 0 N–H and O–H groups in total. The van der Waals surface area contributed by atoms with E-state index in [1.54, 1.807) is 9.36 Å². The number of fused-ring (bicyclic) bond motifs is 1. The lowest BCUT2D eigenvalue weighted by Crippen LogP contribution is -2.22. The van der Waals surface area contributed by atoms with E-state index >= 15 is 0 Å². The number of nitrogens with zero attached hydrogens (tertiary/aromatic N) is 6. The number of tetrazole rings is 1. The van der Waals surface area contributed by atoms with Crippen LogP contribution >= 0.6 is 11.8 Å². The van der Waals surface area contributed by atoms with E-state index < -0.39 is 5.63 Å². The van der Waals surface area contributed by atoms with Crippen molar-refractivity contribution in [2.45, 2.75) is 31.7 Å². The van der Waals surface area contributed by atoms with Crippen LogP contribution in [0.25, 0.3) is 22.3 Å². The van der Waals surface area contributed by atoms with Crippen LogP contribution in [0.15, 0.2) is 67.7 Å². The Bertz CT molecular complexity index is 1650. The highest BCUT2D eigenvalue weighted by Gasteiger charge is 2.22. The number of benzene rings is 2. The summed E-state index contributed by atoms with van der Waals surface area (Å²) < 4.78 is 10.2. The van der Waals surface area contributed by atoms with E-state index in [4.69, 9.17) is 4.42 Å². The SMILES string of the molecule is Cc1cc2oc(=O)cc(CSc3nnnn3-c3c(C)n(C)n(-c4ccccc4)c3=O)c2cc1C. The standard InChI is InChI=1S/C24H22N6O3S/c1-14-10-19-17(12-21(31)33-20(19)11-15(14)2)13-34-24-25-26-27-29(24)22-16(3)28(4)30(23(22)32)18-8-6-5-7-9-18/h5-12H,13H2,1-4H3.